The number of piperidine rings is 1. The van der Waals surface area contributed by atoms with Crippen molar-refractivity contribution >= 4 is 5.91 Å². The summed E-state index contributed by atoms with van der Waals surface area (Å²) >= 11 is 0. The van der Waals surface area contributed by atoms with Crippen LogP contribution < -0.4 is 10.6 Å². The molecule has 20 heavy (non-hydrogen) atoms. The van der Waals surface area contributed by atoms with Crippen LogP contribution in [0.5, 0.6) is 0 Å². The smallest absolute Gasteiger partial charge is 0.237 e. The van der Waals surface area contributed by atoms with Crippen LogP contribution in [0, 0.1) is 0 Å². The summed E-state index contributed by atoms with van der Waals surface area (Å²) in [5, 5.41) is 6.72. The number of nitrogens with zero attached hydrogens (tertiary/aromatic N) is 1. The summed E-state index contributed by atoms with van der Waals surface area (Å²) in [6, 6.07) is 2.09. The van der Waals surface area contributed by atoms with Crippen LogP contribution in [-0.4, -0.2) is 47.6 Å². The lowest BCUT2D eigenvalue weighted by atomic mass is 9.95. The van der Waals surface area contributed by atoms with Gasteiger partial charge < -0.3 is 10.6 Å². The van der Waals surface area contributed by atoms with Crippen molar-refractivity contribution in [2.24, 2.45) is 0 Å². The summed E-state index contributed by atoms with van der Waals surface area (Å²) in [5.74, 6) is 0.192. The van der Waals surface area contributed by atoms with E-state index >= 15 is 0 Å². The van der Waals surface area contributed by atoms with Gasteiger partial charge >= 0.3 is 0 Å². The maximum Gasteiger partial charge on any atom is 0.237 e. The van der Waals surface area contributed by atoms with Crippen molar-refractivity contribution in [1.29, 1.82) is 0 Å². The zero-order chi connectivity index (χ0) is 14.7. The molecular formula is C16H31N3O. The van der Waals surface area contributed by atoms with E-state index < -0.39 is 0 Å². The number of rotatable bonds is 6. The fraction of sp³-hybridized carbons (Fsp3) is 0.938. The predicted molar refractivity (Wildman–Crippen MR) is 82.7 cm³/mol. The number of carbonyl (C=O) groups excluding carboxylic acids is 1. The molecule has 2 heterocycles. The second kappa shape index (κ2) is 6.90. The van der Waals surface area contributed by atoms with Gasteiger partial charge in [0.05, 0.1) is 6.04 Å². The van der Waals surface area contributed by atoms with Crippen molar-refractivity contribution in [2.45, 2.75) is 90.0 Å². The molecule has 0 spiro atoms. The van der Waals surface area contributed by atoms with Crippen LogP contribution in [0.2, 0.25) is 0 Å². The highest BCUT2D eigenvalue weighted by atomic mass is 16.2. The molecule has 2 fully saturated rings. The van der Waals surface area contributed by atoms with Crippen molar-refractivity contribution in [3.8, 4) is 0 Å². The lowest BCUT2D eigenvalue weighted by molar-refractivity contribution is -0.128. The summed E-state index contributed by atoms with van der Waals surface area (Å²) in [7, 11) is 0. The number of hydrogen-bond donors (Lipinski definition) is 2. The molecule has 2 bridgehead atoms. The first-order valence-corrected chi connectivity index (χ1v) is 8.34. The second-order valence-corrected chi connectivity index (χ2v) is 6.79. The van der Waals surface area contributed by atoms with Crippen LogP contribution >= 0.6 is 0 Å². The third kappa shape index (κ3) is 3.53. The van der Waals surface area contributed by atoms with Gasteiger partial charge in [-0.2, -0.15) is 0 Å². The molecule has 3 atom stereocenters. The highest BCUT2D eigenvalue weighted by Gasteiger charge is 2.44. The molecule has 0 saturated carbocycles. The third-order valence-corrected chi connectivity index (χ3v) is 4.73. The fourth-order valence-corrected chi connectivity index (χ4v) is 3.90. The molecule has 0 aromatic heterocycles. The molecular weight excluding hydrogens is 250 g/mol. The Labute approximate surface area is 123 Å². The van der Waals surface area contributed by atoms with Gasteiger partial charge in [-0.05, 0) is 59.4 Å². The average molecular weight is 281 g/mol. The number of hydrogen-bond acceptors (Lipinski definition) is 3. The third-order valence-electron chi connectivity index (χ3n) is 4.73. The Morgan fingerprint density at radius 1 is 1.20 bits per heavy atom. The zero-order valence-electron chi connectivity index (χ0n) is 13.5. The lowest BCUT2D eigenvalue weighted by Gasteiger charge is -2.42. The van der Waals surface area contributed by atoms with Gasteiger partial charge in [0, 0.05) is 24.2 Å². The molecule has 2 saturated heterocycles. The molecule has 2 N–H and O–H groups in total. The molecule has 0 aromatic carbocycles. The van der Waals surface area contributed by atoms with Gasteiger partial charge in [-0.25, -0.2) is 0 Å². The van der Waals surface area contributed by atoms with Crippen LogP contribution in [0.3, 0.4) is 0 Å². The second-order valence-electron chi connectivity index (χ2n) is 6.79. The normalized spacial score (nSPS) is 31.6. The van der Waals surface area contributed by atoms with E-state index in [0.29, 0.717) is 18.1 Å². The first-order chi connectivity index (χ1) is 9.52. The molecule has 0 aromatic rings. The molecule has 4 nitrogen and oxygen atoms in total. The number of amides is 1. The highest BCUT2D eigenvalue weighted by molar-refractivity contribution is 5.81. The van der Waals surface area contributed by atoms with E-state index in [4.69, 9.17) is 0 Å². The number of fused-ring (bicyclic) bond motifs is 2. The van der Waals surface area contributed by atoms with E-state index in [2.05, 4.69) is 29.4 Å². The molecule has 0 aliphatic carbocycles. The summed E-state index contributed by atoms with van der Waals surface area (Å²) in [5.41, 5.74) is 0. The first-order valence-electron chi connectivity index (χ1n) is 8.34. The monoisotopic (exact) mass is 281 g/mol. The van der Waals surface area contributed by atoms with Crippen molar-refractivity contribution < 1.29 is 4.79 Å². The van der Waals surface area contributed by atoms with Gasteiger partial charge in [0.2, 0.25) is 5.91 Å². The minimum Gasteiger partial charge on any atom is -0.353 e. The van der Waals surface area contributed by atoms with Crippen LogP contribution in [0.15, 0.2) is 0 Å². The molecule has 3 unspecified atom stereocenters. The van der Waals surface area contributed by atoms with Gasteiger partial charge in [-0.3, -0.25) is 9.69 Å². The molecule has 1 amide bonds. The van der Waals surface area contributed by atoms with Gasteiger partial charge in [0.25, 0.3) is 0 Å². The summed E-state index contributed by atoms with van der Waals surface area (Å²) in [4.78, 5) is 14.7. The SMILES string of the molecule is CCCNC1CC2CCC(C1)N2C(C)C(=O)NC(C)C. The van der Waals surface area contributed by atoms with Crippen LogP contribution in [0.4, 0.5) is 0 Å². The Morgan fingerprint density at radius 3 is 2.30 bits per heavy atom. The largest absolute Gasteiger partial charge is 0.353 e. The van der Waals surface area contributed by atoms with Crippen LogP contribution in [-0.2, 0) is 4.79 Å². The van der Waals surface area contributed by atoms with Crippen molar-refractivity contribution in [2.75, 3.05) is 6.54 Å². The van der Waals surface area contributed by atoms with Gasteiger partial charge in [0.1, 0.15) is 0 Å². The summed E-state index contributed by atoms with van der Waals surface area (Å²) < 4.78 is 0. The van der Waals surface area contributed by atoms with Crippen molar-refractivity contribution in [3.05, 3.63) is 0 Å². The Balaban J connectivity index is 1.93. The zero-order valence-corrected chi connectivity index (χ0v) is 13.5. The van der Waals surface area contributed by atoms with E-state index in [1.807, 2.05) is 13.8 Å². The average Bonchev–Trinajstić information content (AvgIpc) is 2.65. The summed E-state index contributed by atoms with van der Waals surface area (Å²) in [6.07, 6.45) is 6.12. The quantitative estimate of drug-likeness (QED) is 0.781. The van der Waals surface area contributed by atoms with E-state index in [1.54, 1.807) is 0 Å². The lowest BCUT2D eigenvalue weighted by Crippen LogP contribution is -2.56. The Morgan fingerprint density at radius 2 is 1.80 bits per heavy atom. The van der Waals surface area contributed by atoms with E-state index in [1.165, 1.54) is 32.1 Å². The highest BCUT2D eigenvalue weighted by Crippen LogP contribution is 2.37. The molecule has 0 radical (unpaired) electrons. The van der Waals surface area contributed by atoms with E-state index in [9.17, 15) is 4.79 Å². The van der Waals surface area contributed by atoms with Crippen molar-refractivity contribution in [1.82, 2.24) is 15.5 Å². The fourth-order valence-electron chi connectivity index (χ4n) is 3.90. The number of nitrogens with one attached hydrogen (secondary N) is 2. The Hall–Kier alpha value is -0.610. The van der Waals surface area contributed by atoms with Crippen molar-refractivity contribution in [3.63, 3.8) is 0 Å². The first kappa shape index (κ1) is 15.8. The Bertz CT molecular complexity index is 318. The van der Waals surface area contributed by atoms with E-state index in [0.717, 1.165) is 6.54 Å². The minimum absolute atomic E-state index is 0.0158. The van der Waals surface area contributed by atoms with Crippen LogP contribution in [0.25, 0.3) is 0 Å². The number of carbonyl (C=O) groups is 1. The standard InChI is InChI=1S/C16H31N3O/c1-5-8-17-13-9-14-6-7-15(10-13)19(14)12(4)16(20)18-11(2)3/h11-15,17H,5-10H2,1-4H3,(H,18,20). The van der Waals surface area contributed by atoms with Gasteiger partial charge in [0.15, 0.2) is 0 Å². The van der Waals surface area contributed by atoms with Gasteiger partial charge in [-0.15, -0.1) is 0 Å². The molecule has 2 rings (SSSR count). The molecule has 116 valence electrons. The molecule has 4 heteroatoms. The Kier molecular flexibility index (Phi) is 5.44. The van der Waals surface area contributed by atoms with Crippen LogP contribution in [0.1, 0.15) is 59.8 Å². The minimum atomic E-state index is 0.0158. The molecule has 2 aliphatic rings. The summed E-state index contributed by atoms with van der Waals surface area (Å²) in [6.45, 7) is 9.46. The predicted octanol–water partition coefficient (Wildman–Crippen LogP) is 1.89. The maximum absolute atomic E-state index is 12.3. The van der Waals surface area contributed by atoms with E-state index in [-0.39, 0.29) is 18.0 Å². The maximum atomic E-state index is 12.3. The molecule has 2 aliphatic heterocycles. The topological polar surface area (TPSA) is 44.4 Å². The van der Waals surface area contributed by atoms with Gasteiger partial charge in [-0.1, -0.05) is 6.92 Å².